The summed E-state index contributed by atoms with van der Waals surface area (Å²) in [7, 11) is 0. The maximum Gasteiger partial charge on any atom is 0.153 e. The Morgan fingerprint density at radius 1 is 1.26 bits per heavy atom. The van der Waals surface area contributed by atoms with Gasteiger partial charge in [0.1, 0.15) is 5.69 Å². The summed E-state index contributed by atoms with van der Waals surface area (Å²) in [5, 5.41) is 13.3. The van der Waals surface area contributed by atoms with Crippen LogP contribution in [0.2, 0.25) is 0 Å². The predicted molar refractivity (Wildman–Crippen MR) is 72.8 cm³/mol. The third kappa shape index (κ3) is 2.55. The van der Waals surface area contributed by atoms with Gasteiger partial charge in [0.05, 0.1) is 22.7 Å². The number of rotatable bonds is 2. The maximum atomic E-state index is 11.2. The highest BCUT2D eigenvalue weighted by atomic mass is 16.1. The number of nitrogens with zero attached hydrogens (tertiary/aromatic N) is 3. The van der Waals surface area contributed by atoms with Crippen LogP contribution in [0.3, 0.4) is 0 Å². The number of carbonyl (C=O) groups is 1. The molecule has 0 spiro atoms. The molecule has 0 aliphatic heterocycles. The first-order chi connectivity index (χ1) is 8.95. The van der Waals surface area contributed by atoms with Crippen molar-refractivity contribution < 1.29 is 4.79 Å². The van der Waals surface area contributed by atoms with Crippen molar-refractivity contribution in [1.82, 2.24) is 9.78 Å². The molecule has 0 N–H and O–H groups in total. The second-order valence-corrected chi connectivity index (χ2v) is 5.36. The van der Waals surface area contributed by atoms with E-state index >= 15 is 0 Å². The summed E-state index contributed by atoms with van der Waals surface area (Å²) in [5.74, 6) is 0. The summed E-state index contributed by atoms with van der Waals surface area (Å²) in [4.78, 5) is 11.2. The van der Waals surface area contributed by atoms with E-state index in [2.05, 4.69) is 11.2 Å². The molecule has 4 heteroatoms. The number of aldehydes is 1. The minimum atomic E-state index is -0.178. The average Bonchev–Trinajstić information content (AvgIpc) is 2.83. The van der Waals surface area contributed by atoms with Crippen molar-refractivity contribution in [2.24, 2.45) is 0 Å². The zero-order chi connectivity index (χ0) is 14.0. The predicted octanol–water partition coefficient (Wildman–Crippen LogP) is 2.99. The van der Waals surface area contributed by atoms with Crippen molar-refractivity contribution in [3.8, 4) is 17.3 Å². The van der Waals surface area contributed by atoms with E-state index in [4.69, 9.17) is 5.26 Å². The summed E-state index contributed by atoms with van der Waals surface area (Å²) in [5.41, 5.74) is 2.45. The Morgan fingerprint density at radius 2 is 1.89 bits per heavy atom. The molecule has 0 unspecified atom stereocenters. The first-order valence-corrected chi connectivity index (χ1v) is 6.01. The molecule has 1 aromatic heterocycles. The second-order valence-electron chi connectivity index (χ2n) is 5.36. The molecule has 1 aromatic carbocycles. The summed E-state index contributed by atoms with van der Waals surface area (Å²) in [6, 6.07) is 9.13. The van der Waals surface area contributed by atoms with Crippen molar-refractivity contribution in [3.05, 3.63) is 41.6 Å². The molecule has 4 nitrogen and oxygen atoms in total. The third-order valence-corrected chi connectivity index (χ3v) is 2.84. The Morgan fingerprint density at radius 3 is 2.37 bits per heavy atom. The third-order valence-electron chi connectivity index (χ3n) is 2.84. The van der Waals surface area contributed by atoms with Crippen molar-refractivity contribution in [3.63, 3.8) is 0 Å². The highest BCUT2D eigenvalue weighted by molar-refractivity contribution is 5.85. The van der Waals surface area contributed by atoms with Crippen LogP contribution in [0.25, 0.3) is 11.3 Å². The molecule has 96 valence electrons. The molecule has 0 saturated carbocycles. The van der Waals surface area contributed by atoms with Gasteiger partial charge in [-0.3, -0.25) is 9.48 Å². The fraction of sp³-hybridized carbons (Fsp3) is 0.267. The van der Waals surface area contributed by atoms with Crippen LogP contribution in [-0.4, -0.2) is 16.1 Å². The monoisotopic (exact) mass is 253 g/mol. The van der Waals surface area contributed by atoms with Crippen LogP contribution in [-0.2, 0) is 5.54 Å². The summed E-state index contributed by atoms with van der Waals surface area (Å²) in [6.07, 6.45) is 2.56. The smallest absolute Gasteiger partial charge is 0.153 e. The summed E-state index contributed by atoms with van der Waals surface area (Å²) in [6.45, 7) is 6.07. The average molecular weight is 253 g/mol. The second kappa shape index (κ2) is 4.69. The van der Waals surface area contributed by atoms with Crippen LogP contribution in [0, 0.1) is 11.3 Å². The molecule has 2 aromatic rings. The van der Waals surface area contributed by atoms with Gasteiger partial charge in [-0.2, -0.15) is 10.4 Å². The van der Waals surface area contributed by atoms with Gasteiger partial charge in [-0.05, 0) is 32.9 Å². The molecular formula is C15H15N3O. The van der Waals surface area contributed by atoms with Gasteiger partial charge in [-0.25, -0.2) is 0 Å². The van der Waals surface area contributed by atoms with Gasteiger partial charge in [-0.1, -0.05) is 12.1 Å². The molecule has 0 atom stereocenters. The van der Waals surface area contributed by atoms with Gasteiger partial charge >= 0.3 is 0 Å². The molecule has 0 fully saturated rings. The molecule has 0 aliphatic carbocycles. The minimum absolute atomic E-state index is 0.178. The van der Waals surface area contributed by atoms with Crippen molar-refractivity contribution in [2.75, 3.05) is 0 Å². The molecule has 0 bridgehead atoms. The quantitative estimate of drug-likeness (QED) is 0.773. The first kappa shape index (κ1) is 13.0. The van der Waals surface area contributed by atoms with Gasteiger partial charge in [-0.15, -0.1) is 0 Å². The lowest BCUT2D eigenvalue weighted by Gasteiger charge is -2.18. The van der Waals surface area contributed by atoms with Crippen molar-refractivity contribution in [1.29, 1.82) is 5.26 Å². The van der Waals surface area contributed by atoms with Crippen LogP contribution < -0.4 is 0 Å². The van der Waals surface area contributed by atoms with Crippen LogP contribution in [0.1, 0.15) is 36.7 Å². The molecule has 0 saturated heterocycles. The molecule has 0 aliphatic rings. The van der Waals surface area contributed by atoms with E-state index in [9.17, 15) is 4.79 Å². The van der Waals surface area contributed by atoms with Gasteiger partial charge in [0.25, 0.3) is 0 Å². The summed E-state index contributed by atoms with van der Waals surface area (Å²) >= 11 is 0. The van der Waals surface area contributed by atoms with Crippen molar-refractivity contribution in [2.45, 2.75) is 26.3 Å². The lowest BCUT2D eigenvalue weighted by Crippen LogP contribution is -2.22. The number of hydrogen-bond acceptors (Lipinski definition) is 3. The van der Waals surface area contributed by atoms with Gasteiger partial charge in [0.2, 0.25) is 0 Å². The zero-order valence-electron chi connectivity index (χ0n) is 11.2. The van der Waals surface area contributed by atoms with Gasteiger partial charge in [0, 0.05) is 11.8 Å². The highest BCUT2D eigenvalue weighted by Crippen LogP contribution is 2.24. The van der Waals surface area contributed by atoms with Crippen LogP contribution in [0.5, 0.6) is 0 Å². The Hall–Kier alpha value is -2.41. The fourth-order valence-corrected chi connectivity index (χ4v) is 1.74. The fourth-order valence-electron chi connectivity index (χ4n) is 1.74. The largest absolute Gasteiger partial charge is 0.298 e. The van der Waals surface area contributed by atoms with E-state index in [1.165, 1.54) is 0 Å². The topological polar surface area (TPSA) is 58.7 Å². The standard InChI is InChI=1S/C15H15N3O/c1-15(2,3)18-9-13(10-19)14(17-18)12-6-4-11(8-16)5-7-12/h4-7,9-10H,1-3H3. The normalized spacial score (nSPS) is 11.1. The lowest BCUT2D eigenvalue weighted by molar-refractivity contribution is 0.112. The van der Waals surface area contributed by atoms with E-state index in [1.54, 1.807) is 35.1 Å². The van der Waals surface area contributed by atoms with E-state index in [0.717, 1.165) is 11.8 Å². The molecule has 2 rings (SSSR count). The molecule has 0 radical (unpaired) electrons. The first-order valence-electron chi connectivity index (χ1n) is 6.01. The van der Waals surface area contributed by atoms with Gasteiger partial charge < -0.3 is 0 Å². The van der Waals surface area contributed by atoms with Crippen molar-refractivity contribution >= 4 is 6.29 Å². The lowest BCUT2D eigenvalue weighted by atomic mass is 10.1. The minimum Gasteiger partial charge on any atom is -0.298 e. The van der Waals surface area contributed by atoms with Crippen LogP contribution in [0.4, 0.5) is 0 Å². The van der Waals surface area contributed by atoms with E-state index in [0.29, 0.717) is 16.8 Å². The van der Waals surface area contributed by atoms with Crippen LogP contribution >= 0.6 is 0 Å². The number of nitriles is 1. The summed E-state index contributed by atoms with van der Waals surface area (Å²) < 4.78 is 1.78. The Labute approximate surface area is 112 Å². The van der Waals surface area contributed by atoms with Crippen LogP contribution in [0.15, 0.2) is 30.5 Å². The Kier molecular flexibility index (Phi) is 3.22. The SMILES string of the molecule is CC(C)(C)n1cc(C=O)c(-c2ccc(C#N)cc2)n1. The molecular weight excluding hydrogens is 238 g/mol. The van der Waals surface area contributed by atoms with Gasteiger partial charge in [0.15, 0.2) is 6.29 Å². The van der Waals surface area contributed by atoms with E-state index in [-0.39, 0.29) is 5.54 Å². The number of benzene rings is 1. The zero-order valence-corrected chi connectivity index (χ0v) is 11.2. The van der Waals surface area contributed by atoms with E-state index < -0.39 is 0 Å². The molecule has 19 heavy (non-hydrogen) atoms. The number of aromatic nitrogens is 2. The van der Waals surface area contributed by atoms with E-state index in [1.807, 2.05) is 20.8 Å². The Balaban J connectivity index is 2.52. The number of carbonyl (C=O) groups excluding carboxylic acids is 1. The maximum absolute atomic E-state index is 11.2. The molecule has 1 heterocycles. The molecule has 0 amide bonds. The Bertz CT molecular complexity index is 640. The number of hydrogen-bond donors (Lipinski definition) is 0. The highest BCUT2D eigenvalue weighted by Gasteiger charge is 2.18.